The highest BCUT2D eigenvalue weighted by Crippen LogP contribution is 2.30. The van der Waals surface area contributed by atoms with Gasteiger partial charge < -0.3 is 14.6 Å². The maximum absolute atomic E-state index is 11.8. The van der Waals surface area contributed by atoms with Crippen molar-refractivity contribution in [2.45, 2.75) is 35.7 Å². The first kappa shape index (κ1) is 13.7. The molecular formula is C10H15IO5. The minimum atomic E-state index is -0.710. The second-order valence-electron chi connectivity index (χ2n) is 3.71. The Kier molecular flexibility index (Phi) is 4.97. The second-order valence-corrected chi connectivity index (χ2v) is 5.77. The molecule has 2 atom stereocenters. The van der Waals surface area contributed by atoms with Crippen molar-refractivity contribution in [2.24, 2.45) is 0 Å². The van der Waals surface area contributed by atoms with E-state index >= 15 is 0 Å². The molecule has 92 valence electrons. The summed E-state index contributed by atoms with van der Waals surface area (Å²) in [6.45, 7) is 1.94. The first-order valence-corrected chi connectivity index (χ1v) is 6.26. The summed E-state index contributed by atoms with van der Waals surface area (Å²) in [7, 11) is 0. The van der Waals surface area contributed by atoms with Crippen LogP contribution in [0.2, 0.25) is 0 Å². The fraction of sp³-hybridized carbons (Fsp3) is 0.800. The van der Waals surface area contributed by atoms with Gasteiger partial charge >= 0.3 is 11.9 Å². The minimum absolute atomic E-state index is 0.0635. The van der Waals surface area contributed by atoms with Crippen LogP contribution in [0.25, 0.3) is 0 Å². The lowest BCUT2D eigenvalue weighted by Gasteiger charge is -2.24. The van der Waals surface area contributed by atoms with E-state index in [1.54, 1.807) is 0 Å². The van der Waals surface area contributed by atoms with E-state index in [1.807, 2.05) is 29.5 Å². The largest absolute Gasteiger partial charge is 0.462 e. The number of carbonyl (C=O) groups excluding carboxylic acids is 2. The van der Waals surface area contributed by atoms with Crippen molar-refractivity contribution in [1.29, 1.82) is 0 Å². The highest BCUT2D eigenvalue weighted by molar-refractivity contribution is 14.1. The van der Waals surface area contributed by atoms with E-state index in [2.05, 4.69) is 0 Å². The molecule has 1 saturated heterocycles. The van der Waals surface area contributed by atoms with Gasteiger partial charge in [0.15, 0.2) is 0 Å². The van der Waals surface area contributed by atoms with Crippen molar-refractivity contribution < 1.29 is 24.2 Å². The molecule has 1 aliphatic heterocycles. The Morgan fingerprint density at radius 1 is 1.75 bits per heavy atom. The van der Waals surface area contributed by atoms with Gasteiger partial charge in [-0.3, -0.25) is 9.59 Å². The van der Waals surface area contributed by atoms with Crippen LogP contribution >= 0.6 is 22.6 Å². The first-order chi connectivity index (χ1) is 7.51. The fourth-order valence-electron chi connectivity index (χ4n) is 1.42. The van der Waals surface area contributed by atoms with Crippen LogP contribution in [0.3, 0.4) is 0 Å². The number of carbonyl (C=O) groups is 2. The second kappa shape index (κ2) is 5.81. The molecule has 0 spiro atoms. The highest BCUT2D eigenvalue weighted by atomic mass is 127. The molecule has 0 radical (unpaired) electrons. The SMILES string of the molecule is CCC(I)(CCO)C(=O)OC1COC(=O)C1. The van der Waals surface area contributed by atoms with E-state index in [-0.39, 0.29) is 31.6 Å². The Bertz CT molecular complexity index is 280. The summed E-state index contributed by atoms with van der Waals surface area (Å²) in [6.07, 6.45) is 0.583. The van der Waals surface area contributed by atoms with E-state index in [4.69, 9.17) is 14.6 Å². The molecular weight excluding hydrogens is 327 g/mol. The molecule has 1 N–H and O–H groups in total. The topological polar surface area (TPSA) is 72.8 Å². The van der Waals surface area contributed by atoms with E-state index in [9.17, 15) is 9.59 Å². The molecule has 0 amide bonds. The van der Waals surface area contributed by atoms with Crippen LogP contribution in [-0.2, 0) is 19.1 Å². The van der Waals surface area contributed by atoms with Crippen LogP contribution < -0.4 is 0 Å². The zero-order valence-electron chi connectivity index (χ0n) is 9.07. The van der Waals surface area contributed by atoms with Gasteiger partial charge in [0.05, 0.1) is 6.42 Å². The summed E-state index contributed by atoms with van der Waals surface area (Å²) in [5.74, 6) is -0.719. The summed E-state index contributed by atoms with van der Waals surface area (Å²) in [4.78, 5) is 22.7. The van der Waals surface area contributed by atoms with Gasteiger partial charge in [-0.2, -0.15) is 0 Å². The van der Waals surface area contributed by atoms with E-state index in [0.29, 0.717) is 12.8 Å². The molecule has 16 heavy (non-hydrogen) atoms. The van der Waals surface area contributed by atoms with Crippen LogP contribution in [0.15, 0.2) is 0 Å². The minimum Gasteiger partial charge on any atom is -0.462 e. The van der Waals surface area contributed by atoms with E-state index < -0.39 is 9.53 Å². The molecule has 5 nitrogen and oxygen atoms in total. The Morgan fingerprint density at radius 2 is 2.44 bits per heavy atom. The summed E-state index contributed by atoms with van der Waals surface area (Å²) in [5.41, 5.74) is 0. The third kappa shape index (κ3) is 3.31. The van der Waals surface area contributed by atoms with Crippen LogP contribution in [0, 0.1) is 0 Å². The third-order valence-electron chi connectivity index (χ3n) is 2.53. The summed E-state index contributed by atoms with van der Waals surface area (Å²) >= 11 is 2.00. The summed E-state index contributed by atoms with van der Waals surface area (Å²) in [5, 5.41) is 8.89. The molecule has 1 heterocycles. The number of aliphatic hydroxyl groups is 1. The predicted molar refractivity (Wildman–Crippen MR) is 64.2 cm³/mol. The highest BCUT2D eigenvalue weighted by Gasteiger charge is 2.38. The first-order valence-electron chi connectivity index (χ1n) is 5.18. The summed E-state index contributed by atoms with van der Waals surface area (Å²) in [6, 6.07) is 0. The lowest BCUT2D eigenvalue weighted by Crippen LogP contribution is -2.36. The van der Waals surface area contributed by atoms with Gasteiger partial charge in [-0.1, -0.05) is 29.5 Å². The maximum Gasteiger partial charge on any atom is 0.322 e. The Balaban J connectivity index is 2.52. The molecule has 0 bridgehead atoms. The Labute approximate surface area is 108 Å². The number of alkyl halides is 1. The normalized spacial score (nSPS) is 23.7. The molecule has 0 aliphatic carbocycles. The van der Waals surface area contributed by atoms with Gasteiger partial charge in [-0.25, -0.2) is 0 Å². The van der Waals surface area contributed by atoms with Crippen molar-refractivity contribution in [3.05, 3.63) is 0 Å². The Hall–Kier alpha value is -0.370. The third-order valence-corrected chi connectivity index (χ3v) is 4.28. The molecule has 0 aromatic carbocycles. The molecule has 0 aromatic heterocycles. The molecule has 0 saturated carbocycles. The molecule has 0 aromatic rings. The van der Waals surface area contributed by atoms with Crippen LogP contribution in [0.1, 0.15) is 26.2 Å². The quantitative estimate of drug-likeness (QED) is 0.455. The van der Waals surface area contributed by atoms with Gasteiger partial charge in [-0.15, -0.1) is 0 Å². The maximum atomic E-state index is 11.8. The average Bonchev–Trinajstić information content (AvgIpc) is 2.64. The number of rotatable bonds is 5. The zero-order chi connectivity index (χ0) is 12.2. The van der Waals surface area contributed by atoms with Crippen LogP contribution in [0.5, 0.6) is 0 Å². The molecule has 1 fully saturated rings. The average molecular weight is 342 g/mol. The van der Waals surface area contributed by atoms with Crippen molar-refractivity contribution in [1.82, 2.24) is 0 Å². The Morgan fingerprint density at radius 3 is 2.88 bits per heavy atom. The van der Waals surface area contributed by atoms with Gasteiger partial charge in [-0.05, 0) is 12.8 Å². The van der Waals surface area contributed by atoms with Gasteiger partial charge in [0.2, 0.25) is 0 Å². The number of esters is 2. The standard InChI is InChI=1S/C10H15IO5/c1-2-10(11,3-4-12)9(14)16-7-5-8(13)15-6-7/h7,12H,2-6H2,1H3. The number of cyclic esters (lactones) is 1. The molecule has 1 aliphatic rings. The van der Waals surface area contributed by atoms with Crippen molar-refractivity contribution in [3.8, 4) is 0 Å². The summed E-state index contributed by atoms with van der Waals surface area (Å²) < 4.78 is 9.18. The number of hydrogen-bond donors (Lipinski definition) is 1. The zero-order valence-corrected chi connectivity index (χ0v) is 11.2. The van der Waals surface area contributed by atoms with Crippen LogP contribution in [-0.4, -0.2) is 39.8 Å². The van der Waals surface area contributed by atoms with E-state index in [1.165, 1.54) is 0 Å². The van der Waals surface area contributed by atoms with Crippen LogP contribution in [0.4, 0.5) is 0 Å². The van der Waals surface area contributed by atoms with Gasteiger partial charge in [0.25, 0.3) is 0 Å². The molecule has 1 rings (SSSR count). The van der Waals surface area contributed by atoms with Crippen molar-refractivity contribution >= 4 is 34.5 Å². The van der Waals surface area contributed by atoms with Gasteiger partial charge in [0.1, 0.15) is 16.1 Å². The number of hydrogen-bond acceptors (Lipinski definition) is 5. The van der Waals surface area contributed by atoms with Crippen molar-refractivity contribution in [3.63, 3.8) is 0 Å². The van der Waals surface area contributed by atoms with Crippen molar-refractivity contribution in [2.75, 3.05) is 13.2 Å². The number of halogens is 1. The van der Waals surface area contributed by atoms with E-state index in [0.717, 1.165) is 0 Å². The molecule has 2 unspecified atom stereocenters. The lowest BCUT2D eigenvalue weighted by atomic mass is 10.0. The smallest absolute Gasteiger partial charge is 0.322 e. The van der Waals surface area contributed by atoms with Gasteiger partial charge in [0, 0.05) is 6.61 Å². The molecule has 6 heteroatoms. The fourth-order valence-corrected chi connectivity index (χ4v) is 1.79. The number of ether oxygens (including phenoxy) is 2. The lowest BCUT2D eigenvalue weighted by molar-refractivity contribution is -0.152. The predicted octanol–water partition coefficient (Wildman–Crippen LogP) is 0.811. The monoisotopic (exact) mass is 342 g/mol. The number of aliphatic hydroxyl groups excluding tert-OH is 1.